The molecule has 1 fully saturated rings. The number of ether oxygens (including phenoxy) is 3. The van der Waals surface area contributed by atoms with Gasteiger partial charge in [-0.25, -0.2) is 14.7 Å². The Morgan fingerprint density at radius 2 is 1.85 bits per heavy atom. The predicted octanol–water partition coefficient (Wildman–Crippen LogP) is 4.34. The summed E-state index contributed by atoms with van der Waals surface area (Å²) in [5.41, 5.74) is 3.02. The van der Waals surface area contributed by atoms with E-state index >= 15 is 0 Å². The highest BCUT2D eigenvalue weighted by Gasteiger charge is 2.39. The molecule has 0 unspecified atom stereocenters. The van der Waals surface area contributed by atoms with Gasteiger partial charge in [-0.1, -0.05) is 34.1 Å². The number of carbonyl (C=O) groups is 2. The lowest BCUT2D eigenvalue weighted by molar-refractivity contribution is -0.222. The number of halogens is 1. The van der Waals surface area contributed by atoms with Gasteiger partial charge in [0.15, 0.2) is 12.3 Å². The van der Waals surface area contributed by atoms with Gasteiger partial charge in [0.1, 0.15) is 5.76 Å². The number of rotatable bonds is 7. The Bertz CT molecular complexity index is 1160. The van der Waals surface area contributed by atoms with E-state index in [9.17, 15) is 9.59 Å². The van der Waals surface area contributed by atoms with E-state index in [1.165, 1.54) is 20.0 Å². The molecule has 2 aliphatic rings. The number of nitrogens with one attached hydrogen (secondary N) is 2. The van der Waals surface area contributed by atoms with E-state index in [-0.39, 0.29) is 12.3 Å². The largest absolute Gasteiger partial charge is 0.469 e. The number of hydrogen-bond acceptors (Lipinski definition) is 9. The maximum absolute atomic E-state index is 12.3. The van der Waals surface area contributed by atoms with Crippen molar-refractivity contribution in [3.05, 3.63) is 76.0 Å². The molecule has 0 aliphatic carbocycles. The Morgan fingerprint density at radius 3 is 2.53 bits per heavy atom. The molecule has 9 nitrogen and oxygen atoms in total. The summed E-state index contributed by atoms with van der Waals surface area (Å²) in [6.07, 6.45) is 3.05. The summed E-state index contributed by atoms with van der Waals surface area (Å²) in [6, 6.07) is 13.5. The van der Waals surface area contributed by atoms with Crippen LogP contribution in [-0.2, 0) is 35.2 Å². The highest BCUT2D eigenvalue weighted by atomic mass is 79.9. The molecular formula is C24H24BrN3O6. The van der Waals surface area contributed by atoms with Crippen molar-refractivity contribution in [1.29, 1.82) is 0 Å². The Hall–Kier alpha value is -3.50. The second-order valence-electron chi connectivity index (χ2n) is 7.95. The number of esters is 2. The number of hydrogen-bond donors (Lipinski definition) is 2. The van der Waals surface area contributed by atoms with Crippen LogP contribution in [0.4, 0.5) is 11.4 Å². The average molecular weight is 530 g/mol. The minimum atomic E-state index is -1.30. The summed E-state index contributed by atoms with van der Waals surface area (Å²) < 4.78 is 17.0. The van der Waals surface area contributed by atoms with Gasteiger partial charge in [0, 0.05) is 36.6 Å². The quantitative estimate of drug-likeness (QED) is 0.308. The molecule has 2 heterocycles. The molecule has 0 atom stereocenters. The topological polar surface area (TPSA) is 98.4 Å². The monoisotopic (exact) mass is 529 g/mol. The average Bonchev–Trinajstić information content (AvgIpc) is 3.27. The van der Waals surface area contributed by atoms with Gasteiger partial charge in [0.05, 0.1) is 24.7 Å². The van der Waals surface area contributed by atoms with Gasteiger partial charge in [0.2, 0.25) is 0 Å². The van der Waals surface area contributed by atoms with Crippen molar-refractivity contribution in [2.45, 2.75) is 26.2 Å². The van der Waals surface area contributed by atoms with Crippen LogP contribution < -0.4 is 10.6 Å². The van der Waals surface area contributed by atoms with Crippen molar-refractivity contribution >= 4 is 45.0 Å². The lowest BCUT2D eigenvalue weighted by Crippen LogP contribution is -2.42. The van der Waals surface area contributed by atoms with Crippen LogP contribution in [0.15, 0.2) is 64.9 Å². The van der Waals surface area contributed by atoms with Gasteiger partial charge in [-0.2, -0.15) is 0 Å². The van der Waals surface area contributed by atoms with Crippen LogP contribution >= 0.6 is 15.9 Å². The van der Waals surface area contributed by atoms with Crippen LogP contribution in [0.3, 0.4) is 0 Å². The predicted molar refractivity (Wildman–Crippen MR) is 129 cm³/mol. The van der Waals surface area contributed by atoms with Crippen LogP contribution in [0.25, 0.3) is 5.76 Å². The molecule has 0 aromatic heterocycles. The summed E-state index contributed by atoms with van der Waals surface area (Å²) in [5, 5.41) is 8.00. The molecule has 10 heteroatoms. The summed E-state index contributed by atoms with van der Waals surface area (Å²) >= 11 is 3.56. The van der Waals surface area contributed by atoms with Gasteiger partial charge >= 0.3 is 11.9 Å². The van der Waals surface area contributed by atoms with E-state index in [0.717, 1.165) is 21.3 Å². The molecular weight excluding hydrogens is 506 g/mol. The van der Waals surface area contributed by atoms with Crippen molar-refractivity contribution in [3.63, 3.8) is 0 Å². The molecule has 2 aromatic rings. The highest BCUT2D eigenvalue weighted by Crippen LogP contribution is 2.31. The van der Waals surface area contributed by atoms with Crippen LogP contribution in [0.2, 0.25) is 0 Å². The van der Waals surface area contributed by atoms with Crippen LogP contribution in [0, 0.1) is 0 Å². The first-order valence-corrected chi connectivity index (χ1v) is 11.3. The number of hydroxylamine groups is 2. The molecule has 4 rings (SSSR count). The fourth-order valence-electron chi connectivity index (χ4n) is 3.33. The summed E-state index contributed by atoms with van der Waals surface area (Å²) in [5.74, 6) is -2.15. The molecule has 2 aliphatic heterocycles. The third-order valence-corrected chi connectivity index (χ3v) is 5.84. The summed E-state index contributed by atoms with van der Waals surface area (Å²) in [4.78, 5) is 29.7. The van der Waals surface area contributed by atoms with Crippen molar-refractivity contribution in [3.8, 4) is 0 Å². The highest BCUT2D eigenvalue weighted by molar-refractivity contribution is 9.10. The fourth-order valence-corrected chi connectivity index (χ4v) is 3.76. The zero-order valence-electron chi connectivity index (χ0n) is 18.9. The van der Waals surface area contributed by atoms with E-state index in [0.29, 0.717) is 18.0 Å². The molecule has 2 N–H and O–H groups in total. The molecule has 178 valence electrons. The van der Waals surface area contributed by atoms with Crippen LogP contribution in [0.5, 0.6) is 0 Å². The second-order valence-corrected chi connectivity index (χ2v) is 8.81. The third-order valence-electron chi connectivity index (χ3n) is 5.06. The first-order valence-electron chi connectivity index (χ1n) is 10.5. The van der Waals surface area contributed by atoms with Gasteiger partial charge in [-0.05, 0) is 29.8 Å². The molecule has 0 spiro atoms. The Morgan fingerprint density at radius 1 is 1.12 bits per heavy atom. The van der Waals surface area contributed by atoms with Crippen molar-refractivity contribution in [2.24, 2.45) is 0 Å². The first kappa shape index (κ1) is 23.7. The van der Waals surface area contributed by atoms with Crippen LogP contribution in [-0.4, -0.2) is 36.6 Å². The molecule has 0 amide bonds. The number of benzene rings is 2. The van der Waals surface area contributed by atoms with Crippen LogP contribution in [0.1, 0.15) is 25.0 Å². The van der Waals surface area contributed by atoms with E-state index in [1.54, 1.807) is 18.4 Å². The zero-order valence-corrected chi connectivity index (χ0v) is 20.5. The van der Waals surface area contributed by atoms with E-state index in [4.69, 9.17) is 19.0 Å². The number of nitrogens with zero attached hydrogens (tertiary/aromatic N) is 1. The second kappa shape index (κ2) is 9.78. The molecule has 2 aromatic carbocycles. The molecule has 0 radical (unpaired) electrons. The van der Waals surface area contributed by atoms with Gasteiger partial charge in [-0.3, -0.25) is 4.84 Å². The smallest absolute Gasteiger partial charge is 0.350 e. The minimum absolute atomic E-state index is 0.224. The van der Waals surface area contributed by atoms with E-state index in [1.807, 2.05) is 42.5 Å². The maximum Gasteiger partial charge on any atom is 0.350 e. The van der Waals surface area contributed by atoms with E-state index in [2.05, 4.69) is 26.6 Å². The normalized spacial score (nSPS) is 16.9. The lowest BCUT2D eigenvalue weighted by Gasteiger charge is -2.29. The number of carbonyl (C=O) groups excluding carboxylic acids is 2. The first-order chi connectivity index (χ1) is 16.3. The summed E-state index contributed by atoms with van der Waals surface area (Å²) in [6.45, 7) is 3.82. The summed E-state index contributed by atoms with van der Waals surface area (Å²) in [7, 11) is 1.57. The lowest BCUT2D eigenvalue weighted by atomic mass is 10.1. The molecule has 1 saturated heterocycles. The minimum Gasteiger partial charge on any atom is -0.469 e. The number of anilines is 2. The molecule has 0 saturated carbocycles. The van der Waals surface area contributed by atoms with Crippen molar-refractivity contribution in [1.82, 2.24) is 5.06 Å². The van der Waals surface area contributed by atoms with Gasteiger partial charge in [-0.15, -0.1) is 0 Å². The molecule has 34 heavy (non-hydrogen) atoms. The van der Waals surface area contributed by atoms with Gasteiger partial charge in [0.25, 0.3) is 5.79 Å². The fraction of sp³-hybridized carbons (Fsp3) is 0.250. The Kier molecular flexibility index (Phi) is 6.80. The van der Waals surface area contributed by atoms with Crippen molar-refractivity contribution < 1.29 is 28.6 Å². The Labute approximate surface area is 205 Å². The number of cyclic esters (lactones) is 2. The SMILES string of the molecule is CON1C=C(c2ccc(NC=C3C(=O)OC(C)(C)OC3=O)c(NCc3ccccc3Br)c2)OC1. The molecule has 0 bridgehead atoms. The Balaban J connectivity index is 1.61. The zero-order chi connectivity index (χ0) is 24.3. The van der Waals surface area contributed by atoms with Crippen molar-refractivity contribution in [2.75, 3.05) is 24.5 Å². The standard InChI is InChI=1S/C24H24BrN3O6/c1-24(2)33-22(29)17(23(30)34-24)12-27-19-9-8-15(21-13-28(31-3)14-32-21)10-20(19)26-11-16-6-4-5-7-18(16)25/h4-10,12-13,26-27H,11,14H2,1-3H3. The third kappa shape index (κ3) is 5.35. The van der Waals surface area contributed by atoms with E-state index < -0.39 is 17.7 Å². The van der Waals surface area contributed by atoms with Gasteiger partial charge < -0.3 is 24.8 Å². The maximum atomic E-state index is 12.3.